The number of alkyl halides is 3. The number of nitrogens with zero attached hydrogens (tertiary/aromatic N) is 2. The zero-order chi connectivity index (χ0) is 26.5. The minimum atomic E-state index is -4.57. The molecule has 1 atom stereocenters. The van der Waals surface area contributed by atoms with Gasteiger partial charge in [0.25, 0.3) is 0 Å². The molecule has 0 bridgehead atoms. The number of esters is 1. The lowest BCUT2D eigenvalue weighted by Crippen LogP contribution is -2.40. The molecule has 0 radical (unpaired) electrons. The second-order valence-electron chi connectivity index (χ2n) is 8.76. The molecule has 1 aromatic carbocycles. The summed E-state index contributed by atoms with van der Waals surface area (Å²) < 4.78 is 45.1. The van der Waals surface area contributed by atoms with Crippen LogP contribution in [0.15, 0.2) is 53.7 Å². The lowest BCUT2D eigenvalue weighted by atomic mass is 9.70. The van der Waals surface area contributed by atoms with Crippen LogP contribution >= 0.6 is 0 Å². The first-order valence-corrected chi connectivity index (χ1v) is 11.4. The van der Waals surface area contributed by atoms with Gasteiger partial charge < -0.3 is 21.3 Å². The second kappa shape index (κ2) is 10.8. The van der Waals surface area contributed by atoms with Crippen molar-refractivity contribution in [3.63, 3.8) is 0 Å². The van der Waals surface area contributed by atoms with Gasteiger partial charge in [-0.1, -0.05) is 12.1 Å². The van der Waals surface area contributed by atoms with Gasteiger partial charge in [-0.2, -0.15) is 13.2 Å². The van der Waals surface area contributed by atoms with Crippen LogP contribution in [-0.2, 0) is 16.0 Å². The number of carbonyl (C=O) groups excluding carboxylic acids is 1. The van der Waals surface area contributed by atoms with Crippen molar-refractivity contribution in [2.45, 2.75) is 45.7 Å². The first-order chi connectivity index (χ1) is 16.9. The average molecular weight is 503 g/mol. The molecular weight excluding hydrogens is 473 g/mol. The molecule has 10 heteroatoms. The summed E-state index contributed by atoms with van der Waals surface area (Å²) in [7, 11) is 0. The number of amidine groups is 1. The van der Waals surface area contributed by atoms with Crippen LogP contribution in [0.25, 0.3) is 11.5 Å². The Bertz CT molecular complexity index is 1300. The maximum Gasteiger partial charge on any atom is 0.390 e. The van der Waals surface area contributed by atoms with E-state index < -0.39 is 36.2 Å². The standard InChI is InChI=1S/C26H29F3N4O3/c1-3-36-23(34)13-25(15-26(27,28)29)11-10-17-12-18(5-7-20(17)24(25)35)21(30)8-9-22(31)33-19-6-4-16(2)32-14-19/h4-9,12,14,35H,3,10-11,13,15,30H2,1-2H3,(H2,31,33). The van der Waals surface area contributed by atoms with Crippen LogP contribution in [0, 0.1) is 12.3 Å². The maximum absolute atomic E-state index is 13.4. The quantitative estimate of drug-likeness (QED) is 0.304. The number of ether oxygens (including phenoxy) is 1. The molecule has 0 fully saturated rings. The lowest BCUT2D eigenvalue weighted by Gasteiger charge is -2.36. The number of pyridine rings is 1. The Morgan fingerprint density at radius 3 is 2.64 bits per heavy atom. The number of carbonyl (C=O) groups is 1. The summed E-state index contributed by atoms with van der Waals surface area (Å²) in [6, 6.07) is 8.42. The third-order valence-corrected chi connectivity index (χ3v) is 5.98. The molecule has 1 aliphatic rings. The molecule has 0 amide bonds. The van der Waals surface area contributed by atoms with E-state index in [1.54, 1.807) is 37.4 Å². The Labute approximate surface area is 206 Å². The van der Waals surface area contributed by atoms with Crippen LogP contribution in [-0.4, -0.2) is 34.7 Å². The van der Waals surface area contributed by atoms with Gasteiger partial charge in [0.15, 0.2) is 0 Å². The molecule has 1 heterocycles. The number of hydrogen-bond donors (Lipinski definition) is 3. The minimum absolute atomic E-state index is 0.0431. The summed E-state index contributed by atoms with van der Waals surface area (Å²) in [6.07, 6.45) is -1.59. The van der Waals surface area contributed by atoms with E-state index in [0.717, 1.165) is 5.69 Å². The zero-order valence-corrected chi connectivity index (χ0v) is 20.1. The zero-order valence-electron chi connectivity index (χ0n) is 20.1. The predicted octanol–water partition coefficient (Wildman–Crippen LogP) is 3.21. The monoisotopic (exact) mass is 502 g/mol. The third-order valence-electron chi connectivity index (χ3n) is 5.98. The molecule has 1 aromatic heterocycles. The van der Waals surface area contributed by atoms with Gasteiger partial charge in [-0.3, -0.25) is 9.78 Å². The maximum atomic E-state index is 13.4. The molecule has 1 aliphatic carbocycles. The number of aliphatic imine (C=N–C) groups is 1. The largest absolute Gasteiger partial charge is 0.511 e. The van der Waals surface area contributed by atoms with Crippen molar-refractivity contribution >= 4 is 28.9 Å². The van der Waals surface area contributed by atoms with Gasteiger partial charge in [0.1, 0.15) is 11.6 Å². The highest BCUT2D eigenvalue weighted by Crippen LogP contribution is 2.46. The molecule has 3 rings (SSSR count). The molecule has 7 nitrogen and oxygen atoms in total. The number of benzene rings is 1. The van der Waals surface area contributed by atoms with Crippen LogP contribution in [0.4, 0.5) is 18.9 Å². The number of hydrogen-bond acceptors (Lipinski definition) is 6. The first kappa shape index (κ1) is 26.8. The molecule has 36 heavy (non-hydrogen) atoms. The van der Waals surface area contributed by atoms with E-state index in [9.17, 15) is 23.1 Å². The van der Waals surface area contributed by atoms with Gasteiger partial charge >= 0.3 is 12.1 Å². The summed E-state index contributed by atoms with van der Waals surface area (Å²) in [4.78, 5) is 20.5. The summed E-state index contributed by atoms with van der Waals surface area (Å²) in [5.74, 6) is -1.03. The number of halogens is 3. The molecule has 5 N–H and O–H groups in total. The van der Waals surface area contributed by atoms with E-state index in [2.05, 4.69) is 9.98 Å². The van der Waals surface area contributed by atoms with E-state index >= 15 is 0 Å². The number of rotatable bonds is 7. The van der Waals surface area contributed by atoms with Gasteiger partial charge in [-0.05, 0) is 67.8 Å². The van der Waals surface area contributed by atoms with E-state index in [4.69, 9.17) is 16.2 Å². The van der Waals surface area contributed by atoms with Gasteiger partial charge in [0, 0.05) is 22.0 Å². The molecule has 0 aliphatic heterocycles. The van der Waals surface area contributed by atoms with Crippen LogP contribution in [0.5, 0.6) is 0 Å². The Morgan fingerprint density at radius 1 is 1.25 bits per heavy atom. The highest BCUT2D eigenvalue weighted by atomic mass is 19.4. The predicted molar refractivity (Wildman–Crippen MR) is 131 cm³/mol. The number of aliphatic hydroxyl groups is 1. The smallest absolute Gasteiger partial charge is 0.390 e. The Hall–Kier alpha value is -3.82. The van der Waals surface area contributed by atoms with Crippen molar-refractivity contribution in [3.05, 3.63) is 70.4 Å². The first-order valence-electron chi connectivity index (χ1n) is 11.4. The minimum Gasteiger partial charge on any atom is -0.511 e. The Balaban J connectivity index is 1.96. The van der Waals surface area contributed by atoms with E-state index in [1.165, 1.54) is 12.1 Å². The lowest BCUT2D eigenvalue weighted by molar-refractivity contribution is -0.163. The van der Waals surface area contributed by atoms with Crippen LogP contribution in [0.3, 0.4) is 0 Å². The number of nitrogens with two attached hydrogens (primary N) is 2. The van der Waals surface area contributed by atoms with Crippen molar-refractivity contribution in [2.24, 2.45) is 21.9 Å². The molecule has 0 saturated heterocycles. The fraction of sp³-hybridized carbons (Fsp3) is 0.346. The van der Waals surface area contributed by atoms with Crippen molar-refractivity contribution < 1.29 is 27.8 Å². The fourth-order valence-corrected chi connectivity index (χ4v) is 4.25. The normalized spacial score (nSPS) is 19.2. The number of fused-ring (bicyclic) bond motifs is 1. The molecule has 1 unspecified atom stereocenters. The number of aliphatic hydroxyl groups excluding tert-OH is 1. The van der Waals surface area contributed by atoms with Crippen molar-refractivity contribution in [3.8, 4) is 0 Å². The van der Waals surface area contributed by atoms with E-state index in [-0.39, 0.29) is 30.5 Å². The van der Waals surface area contributed by atoms with Gasteiger partial charge in [-0.25, -0.2) is 4.99 Å². The molecular formula is C26H29F3N4O3. The highest BCUT2D eigenvalue weighted by molar-refractivity contribution is 5.94. The number of aryl methyl sites for hydroxylation is 2. The third kappa shape index (κ3) is 6.65. The Morgan fingerprint density at radius 2 is 2.00 bits per heavy atom. The summed E-state index contributed by atoms with van der Waals surface area (Å²) in [6.45, 7) is 3.48. The molecule has 0 saturated carbocycles. The summed E-state index contributed by atoms with van der Waals surface area (Å²) >= 11 is 0. The number of aromatic nitrogens is 1. The van der Waals surface area contributed by atoms with Crippen LogP contribution in [0.1, 0.15) is 37.4 Å². The molecule has 2 aromatic rings. The van der Waals surface area contributed by atoms with Gasteiger partial charge in [-0.15, -0.1) is 0 Å². The fourth-order valence-electron chi connectivity index (χ4n) is 4.25. The van der Waals surface area contributed by atoms with Crippen LogP contribution < -0.4 is 21.9 Å². The van der Waals surface area contributed by atoms with Crippen LogP contribution in [0.2, 0.25) is 0 Å². The summed E-state index contributed by atoms with van der Waals surface area (Å²) in [5, 5.41) is 11.8. The average Bonchev–Trinajstić information content (AvgIpc) is 2.80. The SMILES string of the molecule is CCOC(=O)CC1(CC(F)(F)F)CCc2cc(=C(N)C=CC(N)=Nc3ccc(C)nc3)ccc2=C1O. The highest BCUT2D eigenvalue weighted by Gasteiger charge is 2.48. The second-order valence-corrected chi connectivity index (χ2v) is 8.76. The topological polar surface area (TPSA) is 124 Å². The van der Waals surface area contributed by atoms with Crippen molar-refractivity contribution in [2.75, 3.05) is 6.61 Å². The Kier molecular flexibility index (Phi) is 8.07. The van der Waals surface area contributed by atoms with E-state index in [1.807, 2.05) is 13.0 Å². The van der Waals surface area contributed by atoms with E-state index in [0.29, 0.717) is 22.2 Å². The molecule has 192 valence electrons. The molecule has 0 spiro atoms. The van der Waals surface area contributed by atoms with Gasteiger partial charge in [0.05, 0.1) is 31.3 Å². The van der Waals surface area contributed by atoms with Gasteiger partial charge in [0.2, 0.25) is 0 Å². The summed E-state index contributed by atoms with van der Waals surface area (Å²) in [5.41, 5.74) is 12.8. The van der Waals surface area contributed by atoms with Crippen molar-refractivity contribution in [1.29, 1.82) is 0 Å². The van der Waals surface area contributed by atoms with Crippen molar-refractivity contribution in [1.82, 2.24) is 4.98 Å².